The van der Waals surface area contributed by atoms with Crippen molar-refractivity contribution in [1.29, 1.82) is 0 Å². The lowest BCUT2D eigenvalue weighted by Gasteiger charge is -2.17. The second-order valence-electron chi connectivity index (χ2n) is 4.68. The number of esters is 1. The summed E-state index contributed by atoms with van der Waals surface area (Å²) < 4.78 is 4.81. The molecule has 0 saturated heterocycles. The Labute approximate surface area is 112 Å². The van der Waals surface area contributed by atoms with Gasteiger partial charge in [-0.1, -0.05) is 20.8 Å². The molecule has 18 heavy (non-hydrogen) atoms. The summed E-state index contributed by atoms with van der Waals surface area (Å²) >= 11 is 1.88. The lowest BCUT2D eigenvalue weighted by molar-refractivity contribution is 0.0593. The molecule has 0 unspecified atom stereocenters. The van der Waals surface area contributed by atoms with Crippen molar-refractivity contribution < 1.29 is 9.53 Å². The Morgan fingerprint density at radius 2 is 2.11 bits per heavy atom. The van der Waals surface area contributed by atoms with Gasteiger partial charge in [0.25, 0.3) is 0 Å². The van der Waals surface area contributed by atoms with Gasteiger partial charge in [-0.3, -0.25) is 0 Å². The standard InChI is InChI=1S/C12H19N3O2S/c1-12(2,3)18-8-7-13-10-6-5-9(14-15-10)11(16)17-4/h5-6H,7-8H2,1-4H3,(H,13,15). The molecule has 0 atom stereocenters. The summed E-state index contributed by atoms with van der Waals surface area (Å²) in [6, 6.07) is 3.32. The van der Waals surface area contributed by atoms with Crippen molar-refractivity contribution >= 4 is 23.5 Å². The van der Waals surface area contributed by atoms with Crippen molar-refractivity contribution in [3.8, 4) is 0 Å². The average molecular weight is 269 g/mol. The highest BCUT2D eigenvalue weighted by Gasteiger charge is 2.10. The van der Waals surface area contributed by atoms with Crippen LogP contribution in [-0.4, -0.2) is 40.3 Å². The van der Waals surface area contributed by atoms with E-state index in [0.717, 1.165) is 12.3 Å². The van der Waals surface area contributed by atoms with E-state index in [1.807, 2.05) is 11.8 Å². The zero-order valence-electron chi connectivity index (χ0n) is 11.2. The van der Waals surface area contributed by atoms with Crippen molar-refractivity contribution in [2.75, 3.05) is 24.7 Å². The van der Waals surface area contributed by atoms with Gasteiger partial charge >= 0.3 is 5.97 Å². The molecule has 1 N–H and O–H groups in total. The van der Waals surface area contributed by atoms with Crippen LogP contribution < -0.4 is 5.32 Å². The van der Waals surface area contributed by atoms with Gasteiger partial charge in [-0.2, -0.15) is 11.8 Å². The van der Waals surface area contributed by atoms with E-state index in [0.29, 0.717) is 5.82 Å². The van der Waals surface area contributed by atoms with Gasteiger partial charge in [0, 0.05) is 17.0 Å². The number of carbonyl (C=O) groups excluding carboxylic acids is 1. The number of nitrogens with zero attached hydrogens (tertiary/aromatic N) is 2. The number of rotatable bonds is 5. The number of anilines is 1. The topological polar surface area (TPSA) is 64.1 Å². The van der Waals surface area contributed by atoms with E-state index in [1.54, 1.807) is 12.1 Å². The highest BCUT2D eigenvalue weighted by atomic mass is 32.2. The van der Waals surface area contributed by atoms with E-state index in [9.17, 15) is 4.79 Å². The third kappa shape index (κ3) is 5.35. The second kappa shape index (κ2) is 6.58. The predicted octanol–water partition coefficient (Wildman–Crippen LogP) is 2.21. The van der Waals surface area contributed by atoms with Crippen molar-refractivity contribution in [1.82, 2.24) is 10.2 Å². The van der Waals surface area contributed by atoms with Gasteiger partial charge in [0.1, 0.15) is 5.82 Å². The first-order valence-electron chi connectivity index (χ1n) is 5.72. The molecule has 6 heteroatoms. The highest BCUT2D eigenvalue weighted by Crippen LogP contribution is 2.22. The quantitative estimate of drug-likeness (QED) is 0.653. The first-order valence-corrected chi connectivity index (χ1v) is 6.71. The van der Waals surface area contributed by atoms with E-state index < -0.39 is 5.97 Å². The van der Waals surface area contributed by atoms with Gasteiger partial charge < -0.3 is 10.1 Å². The molecule has 0 radical (unpaired) electrons. The number of hydrogen-bond acceptors (Lipinski definition) is 6. The largest absolute Gasteiger partial charge is 0.464 e. The highest BCUT2D eigenvalue weighted by molar-refractivity contribution is 8.00. The molecular formula is C12H19N3O2S. The van der Waals surface area contributed by atoms with Crippen LogP contribution in [0.25, 0.3) is 0 Å². The molecule has 0 aromatic carbocycles. The number of aromatic nitrogens is 2. The summed E-state index contributed by atoms with van der Waals surface area (Å²) in [7, 11) is 1.32. The summed E-state index contributed by atoms with van der Waals surface area (Å²) in [5.41, 5.74) is 0.215. The Hall–Kier alpha value is -1.30. The molecule has 1 rings (SSSR count). The van der Waals surface area contributed by atoms with E-state index in [4.69, 9.17) is 0 Å². The van der Waals surface area contributed by atoms with Crippen LogP contribution in [0.3, 0.4) is 0 Å². The van der Waals surface area contributed by atoms with Crippen LogP contribution in [0.5, 0.6) is 0 Å². The minimum absolute atomic E-state index is 0.215. The molecule has 0 aliphatic heterocycles. The Balaban J connectivity index is 2.38. The molecule has 0 spiro atoms. The van der Waals surface area contributed by atoms with Crippen LogP contribution in [0.4, 0.5) is 5.82 Å². The molecule has 0 aliphatic carbocycles. The monoisotopic (exact) mass is 269 g/mol. The van der Waals surface area contributed by atoms with Crippen molar-refractivity contribution in [2.24, 2.45) is 0 Å². The van der Waals surface area contributed by atoms with Gasteiger partial charge in [0.15, 0.2) is 5.69 Å². The fourth-order valence-corrected chi connectivity index (χ4v) is 1.99. The predicted molar refractivity (Wildman–Crippen MR) is 74.1 cm³/mol. The van der Waals surface area contributed by atoms with Gasteiger partial charge in [-0.05, 0) is 12.1 Å². The molecule has 0 aliphatic rings. The maximum absolute atomic E-state index is 11.1. The maximum atomic E-state index is 11.1. The molecule has 1 aromatic heterocycles. The Kier molecular flexibility index (Phi) is 5.40. The van der Waals surface area contributed by atoms with E-state index in [2.05, 4.69) is 41.0 Å². The lowest BCUT2D eigenvalue weighted by Crippen LogP contribution is -2.14. The molecule has 5 nitrogen and oxygen atoms in total. The van der Waals surface area contributed by atoms with Crippen molar-refractivity contribution in [2.45, 2.75) is 25.5 Å². The molecular weight excluding hydrogens is 250 g/mol. The SMILES string of the molecule is COC(=O)c1ccc(NCCSC(C)(C)C)nn1. The van der Waals surface area contributed by atoms with Crippen LogP contribution in [-0.2, 0) is 4.74 Å². The molecule has 0 saturated carbocycles. The maximum Gasteiger partial charge on any atom is 0.358 e. The van der Waals surface area contributed by atoms with Crippen molar-refractivity contribution in [3.63, 3.8) is 0 Å². The number of carbonyl (C=O) groups is 1. The van der Waals surface area contributed by atoms with E-state index >= 15 is 0 Å². The molecule has 0 bridgehead atoms. The summed E-state index contributed by atoms with van der Waals surface area (Å²) in [4.78, 5) is 11.1. The fourth-order valence-electron chi connectivity index (χ4n) is 1.18. The first kappa shape index (κ1) is 14.8. The van der Waals surface area contributed by atoms with Crippen LogP contribution in [0.1, 0.15) is 31.3 Å². The minimum Gasteiger partial charge on any atom is -0.464 e. The van der Waals surface area contributed by atoms with Crippen LogP contribution >= 0.6 is 11.8 Å². The molecule has 1 aromatic rings. The lowest BCUT2D eigenvalue weighted by atomic mass is 10.3. The van der Waals surface area contributed by atoms with Crippen molar-refractivity contribution in [3.05, 3.63) is 17.8 Å². The van der Waals surface area contributed by atoms with Gasteiger partial charge in [0.05, 0.1) is 7.11 Å². The molecule has 0 amide bonds. The van der Waals surface area contributed by atoms with Crippen LogP contribution in [0.2, 0.25) is 0 Å². The molecule has 1 heterocycles. The smallest absolute Gasteiger partial charge is 0.358 e. The van der Waals surface area contributed by atoms with E-state index in [1.165, 1.54) is 7.11 Å². The summed E-state index contributed by atoms with van der Waals surface area (Å²) in [6.45, 7) is 7.36. The summed E-state index contributed by atoms with van der Waals surface area (Å²) in [5.74, 6) is 1.18. The third-order valence-electron chi connectivity index (χ3n) is 2.00. The minimum atomic E-state index is -0.475. The van der Waals surface area contributed by atoms with Gasteiger partial charge in [-0.25, -0.2) is 4.79 Å². The number of nitrogens with one attached hydrogen (secondary N) is 1. The Bertz CT molecular complexity index is 387. The number of methoxy groups -OCH3 is 1. The summed E-state index contributed by atoms with van der Waals surface area (Å²) in [6.07, 6.45) is 0. The molecule has 100 valence electrons. The molecule has 0 fully saturated rings. The number of hydrogen-bond donors (Lipinski definition) is 1. The zero-order chi connectivity index (χ0) is 13.6. The number of ether oxygens (including phenoxy) is 1. The van der Waals surface area contributed by atoms with E-state index in [-0.39, 0.29) is 10.4 Å². The van der Waals surface area contributed by atoms with Crippen LogP contribution in [0, 0.1) is 0 Å². The van der Waals surface area contributed by atoms with Gasteiger partial charge in [-0.15, -0.1) is 10.2 Å². The number of thioether (sulfide) groups is 1. The van der Waals surface area contributed by atoms with Gasteiger partial charge in [0.2, 0.25) is 0 Å². The normalized spacial score (nSPS) is 11.1. The zero-order valence-corrected chi connectivity index (χ0v) is 12.0. The summed E-state index contributed by atoms with van der Waals surface area (Å²) in [5, 5.41) is 10.8. The average Bonchev–Trinajstić information content (AvgIpc) is 2.33. The van der Waals surface area contributed by atoms with Crippen LogP contribution in [0.15, 0.2) is 12.1 Å². The Morgan fingerprint density at radius 3 is 2.61 bits per heavy atom. The third-order valence-corrected chi connectivity index (χ3v) is 3.28. The fraction of sp³-hybridized carbons (Fsp3) is 0.583. The second-order valence-corrected chi connectivity index (χ2v) is 6.60. The Morgan fingerprint density at radius 1 is 1.39 bits per heavy atom. The first-order chi connectivity index (χ1) is 8.42.